The van der Waals surface area contributed by atoms with Crippen molar-refractivity contribution >= 4 is 17.4 Å². The van der Waals surface area contributed by atoms with Crippen molar-refractivity contribution in [3.8, 4) is 0 Å². The summed E-state index contributed by atoms with van der Waals surface area (Å²) in [5, 5.41) is 10.9. The van der Waals surface area contributed by atoms with Crippen molar-refractivity contribution in [3.05, 3.63) is 22.6 Å². The number of likely N-dealkylation sites (N-methyl/N-ethyl adjacent to an activating group) is 1. The lowest BCUT2D eigenvalue weighted by atomic mass is 10.4. The Labute approximate surface area is 112 Å². The second kappa shape index (κ2) is 8.16. The van der Waals surface area contributed by atoms with Gasteiger partial charge in [-0.2, -0.15) is 16.9 Å². The van der Waals surface area contributed by atoms with E-state index in [4.69, 9.17) is 0 Å². The Morgan fingerprint density at radius 1 is 1.44 bits per heavy atom. The Bertz CT molecular complexity index is 405. The maximum absolute atomic E-state index is 11.8. The highest BCUT2D eigenvalue weighted by Gasteiger charge is 2.01. The van der Waals surface area contributed by atoms with Crippen LogP contribution in [0.5, 0.6) is 0 Å². The van der Waals surface area contributed by atoms with Crippen molar-refractivity contribution in [1.29, 1.82) is 0 Å². The molecule has 1 aromatic heterocycles. The monoisotopic (exact) mass is 270 g/mol. The van der Waals surface area contributed by atoms with E-state index in [-0.39, 0.29) is 5.56 Å². The van der Waals surface area contributed by atoms with Crippen molar-refractivity contribution in [2.75, 3.05) is 31.2 Å². The van der Waals surface area contributed by atoms with E-state index in [1.807, 2.05) is 18.8 Å². The van der Waals surface area contributed by atoms with Gasteiger partial charge in [0.2, 0.25) is 0 Å². The van der Waals surface area contributed by atoms with E-state index in [0.717, 1.165) is 24.5 Å². The van der Waals surface area contributed by atoms with Crippen LogP contribution in [0.15, 0.2) is 17.1 Å². The molecule has 18 heavy (non-hydrogen) atoms. The molecule has 0 radical (unpaired) electrons. The van der Waals surface area contributed by atoms with Crippen LogP contribution in [0.1, 0.15) is 13.8 Å². The summed E-state index contributed by atoms with van der Waals surface area (Å²) in [6, 6.07) is 1.60. The molecule has 1 heterocycles. The molecule has 6 heteroatoms. The first kappa shape index (κ1) is 15.0. The number of rotatable bonds is 8. The van der Waals surface area contributed by atoms with Crippen LogP contribution < -0.4 is 16.2 Å². The molecule has 1 rings (SSSR count). The summed E-state index contributed by atoms with van der Waals surface area (Å²) < 4.78 is 1.51. The minimum atomic E-state index is -0.0474. The molecule has 0 aliphatic rings. The lowest BCUT2D eigenvalue weighted by molar-refractivity contribution is 0.621. The highest BCUT2D eigenvalue weighted by Crippen LogP contribution is 2.08. The third-order valence-electron chi connectivity index (χ3n) is 2.33. The quantitative estimate of drug-likeness (QED) is 0.691. The van der Waals surface area contributed by atoms with E-state index in [1.165, 1.54) is 4.68 Å². The van der Waals surface area contributed by atoms with Gasteiger partial charge >= 0.3 is 0 Å². The molecule has 0 spiro atoms. The van der Waals surface area contributed by atoms with Gasteiger partial charge in [0.05, 0.1) is 18.4 Å². The van der Waals surface area contributed by atoms with Gasteiger partial charge in [0.1, 0.15) is 0 Å². The predicted octanol–water partition coefficient (Wildman–Crippen LogP) is 1.02. The topological polar surface area (TPSA) is 59.0 Å². The fourth-order valence-electron chi connectivity index (χ4n) is 1.40. The molecule has 0 aliphatic carbocycles. The SMILES string of the molecule is CNCCNc1cnn(CCSC(C)C)c(=O)c1. The Hall–Kier alpha value is -1.01. The number of thioether (sulfide) groups is 1. The number of nitrogens with one attached hydrogen (secondary N) is 2. The molecule has 0 fully saturated rings. The average Bonchev–Trinajstić information content (AvgIpc) is 2.32. The maximum atomic E-state index is 11.8. The molecule has 5 nitrogen and oxygen atoms in total. The molecular formula is C12H22N4OS. The Balaban J connectivity index is 2.49. The normalized spacial score (nSPS) is 10.9. The number of aryl methyl sites for hydroxylation is 1. The Morgan fingerprint density at radius 2 is 2.22 bits per heavy atom. The summed E-state index contributed by atoms with van der Waals surface area (Å²) in [5.74, 6) is 0.914. The summed E-state index contributed by atoms with van der Waals surface area (Å²) in [5.41, 5.74) is 0.733. The first-order chi connectivity index (χ1) is 8.63. The average molecular weight is 270 g/mol. The van der Waals surface area contributed by atoms with E-state index in [2.05, 4.69) is 29.6 Å². The largest absolute Gasteiger partial charge is 0.382 e. The minimum Gasteiger partial charge on any atom is -0.382 e. The number of nitrogens with zero attached hydrogens (tertiary/aromatic N) is 2. The summed E-state index contributed by atoms with van der Waals surface area (Å²) in [4.78, 5) is 11.8. The summed E-state index contributed by atoms with van der Waals surface area (Å²) >= 11 is 1.83. The first-order valence-corrected chi connectivity index (χ1v) is 7.25. The van der Waals surface area contributed by atoms with E-state index >= 15 is 0 Å². The second-order valence-corrected chi connectivity index (χ2v) is 5.94. The molecule has 0 atom stereocenters. The van der Waals surface area contributed by atoms with Crippen LogP contribution in [-0.2, 0) is 6.54 Å². The number of hydrogen-bond donors (Lipinski definition) is 2. The molecule has 0 amide bonds. The van der Waals surface area contributed by atoms with Gasteiger partial charge in [0, 0.05) is 24.9 Å². The molecule has 0 aliphatic heterocycles. The molecular weight excluding hydrogens is 248 g/mol. The van der Waals surface area contributed by atoms with Crippen LogP contribution in [0.25, 0.3) is 0 Å². The summed E-state index contributed by atoms with van der Waals surface area (Å²) in [6.07, 6.45) is 1.71. The van der Waals surface area contributed by atoms with Crippen LogP contribution in [-0.4, -0.2) is 40.9 Å². The third kappa shape index (κ3) is 5.55. The summed E-state index contributed by atoms with van der Waals surface area (Å²) in [6.45, 7) is 6.60. The zero-order chi connectivity index (χ0) is 13.4. The van der Waals surface area contributed by atoms with Gasteiger partial charge in [-0.25, -0.2) is 4.68 Å². The van der Waals surface area contributed by atoms with Gasteiger partial charge in [-0.1, -0.05) is 13.8 Å². The molecule has 0 saturated carbocycles. The standard InChI is InChI=1S/C12H22N4OS/c1-10(2)18-7-6-16-12(17)8-11(9-15-16)14-5-4-13-3/h8-10,13-14H,4-7H2,1-3H3. The van der Waals surface area contributed by atoms with E-state index in [1.54, 1.807) is 12.3 Å². The van der Waals surface area contributed by atoms with Crippen molar-refractivity contribution < 1.29 is 0 Å². The lowest BCUT2D eigenvalue weighted by Gasteiger charge is -2.08. The highest BCUT2D eigenvalue weighted by atomic mass is 32.2. The maximum Gasteiger partial charge on any atom is 0.268 e. The van der Waals surface area contributed by atoms with Gasteiger partial charge in [-0.15, -0.1) is 0 Å². The predicted molar refractivity (Wildman–Crippen MR) is 78.5 cm³/mol. The highest BCUT2D eigenvalue weighted by molar-refractivity contribution is 7.99. The molecule has 0 bridgehead atoms. The van der Waals surface area contributed by atoms with Crippen LogP contribution in [0.3, 0.4) is 0 Å². The number of anilines is 1. The summed E-state index contributed by atoms with van der Waals surface area (Å²) in [7, 11) is 1.89. The molecule has 0 unspecified atom stereocenters. The molecule has 0 saturated heterocycles. The Morgan fingerprint density at radius 3 is 2.83 bits per heavy atom. The zero-order valence-corrected chi connectivity index (χ0v) is 12.1. The second-order valence-electron chi connectivity index (χ2n) is 4.26. The lowest BCUT2D eigenvalue weighted by Crippen LogP contribution is -2.25. The van der Waals surface area contributed by atoms with Crippen LogP contribution >= 0.6 is 11.8 Å². The van der Waals surface area contributed by atoms with Gasteiger partial charge < -0.3 is 10.6 Å². The molecule has 2 N–H and O–H groups in total. The molecule has 102 valence electrons. The van der Waals surface area contributed by atoms with Crippen molar-refractivity contribution in [2.45, 2.75) is 25.6 Å². The Kier molecular flexibility index (Phi) is 6.82. The van der Waals surface area contributed by atoms with Crippen LogP contribution in [0, 0.1) is 0 Å². The number of hydrogen-bond acceptors (Lipinski definition) is 5. The van der Waals surface area contributed by atoms with Gasteiger partial charge in [0.25, 0.3) is 5.56 Å². The number of aromatic nitrogens is 2. The van der Waals surface area contributed by atoms with Crippen LogP contribution in [0.4, 0.5) is 5.69 Å². The van der Waals surface area contributed by atoms with Crippen LogP contribution in [0.2, 0.25) is 0 Å². The van der Waals surface area contributed by atoms with E-state index < -0.39 is 0 Å². The molecule has 0 aromatic carbocycles. The van der Waals surface area contributed by atoms with Crippen molar-refractivity contribution in [2.24, 2.45) is 0 Å². The fraction of sp³-hybridized carbons (Fsp3) is 0.667. The smallest absolute Gasteiger partial charge is 0.268 e. The van der Waals surface area contributed by atoms with Gasteiger partial charge in [-0.05, 0) is 12.3 Å². The molecule has 1 aromatic rings. The fourth-order valence-corrected chi connectivity index (χ4v) is 2.15. The minimum absolute atomic E-state index is 0.0474. The van der Waals surface area contributed by atoms with E-state index in [9.17, 15) is 4.79 Å². The zero-order valence-electron chi connectivity index (χ0n) is 11.3. The van der Waals surface area contributed by atoms with Crippen molar-refractivity contribution in [3.63, 3.8) is 0 Å². The first-order valence-electron chi connectivity index (χ1n) is 6.20. The van der Waals surface area contributed by atoms with Crippen molar-refractivity contribution in [1.82, 2.24) is 15.1 Å². The van der Waals surface area contributed by atoms with E-state index in [0.29, 0.717) is 11.8 Å². The van der Waals surface area contributed by atoms with Gasteiger partial charge in [-0.3, -0.25) is 4.79 Å². The third-order valence-corrected chi connectivity index (χ3v) is 3.41. The van der Waals surface area contributed by atoms with Gasteiger partial charge in [0.15, 0.2) is 0 Å².